The number of anilines is 2. The second-order valence-electron chi connectivity index (χ2n) is 4.26. The number of benzene rings is 1. The van der Waals surface area contributed by atoms with Crippen molar-refractivity contribution in [1.29, 1.82) is 0 Å². The van der Waals surface area contributed by atoms with Crippen molar-refractivity contribution < 1.29 is 4.39 Å². The highest BCUT2D eigenvalue weighted by atomic mass is 19.1. The second kappa shape index (κ2) is 5.62. The van der Waals surface area contributed by atoms with Gasteiger partial charge in [0.05, 0.1) is 12.2 Å². The summed E-state index contributed by atoms with van der Waals surface area (Å²) in [6.45, 7) is 2.26. The van der Waals surface area contributed by atoms with E-state index >= 15 is 0 Å². The molecular weight excluding hydrogens is 245 g/mol. The Balaban J connectivity index is 2.21. The molecule has 1 aromatic heterocycles. The number of nitrogens with two attached hydrogens (primary N) is 1. The van der Waals surface area contributed by atoms with E-state index in [0.29, 0.717) is 23.9 Å². The smallest absolute Gasteiger partial charge is 0.150 e. The first-order valence-electron chi connectivity index (χ1n) is 5.87. The number of nitrogens with one attached hydrogen (secondary N) is 1. The van der Waals surface area contributed by atoms with Crippen molar-refractivity contribution in [1.82, 2.24) is 9.97 Å². The van der Waals surface area contributed by atoms with E-state index in [1.807, 2.05) is 6.92 Å². The Kier molecular flexibility index (Phi) is 3.91. The van der Waals surface area contributed by atoms with E-state index in [4.69, 9.17) is 5.84 Å². The summed E-state index contributed by atoms with van der Waals surface area (Å²) < 4.78 is 13.7. The molecule has 2 aromatic rings. The number of halogens is 1. The minimum atomic E-state index is -0.269. The summed E-state index contributed by atoms with van der Waals surface area (Å²) in [6, 6.07) is 8.33. The van der Waals surface area contributed by atoms with E-state index in [1.165, 1.54) is 6.07 Å². The summed E-state index contributed by atoms with van der Waals surface area (Å²) in [4.78, 5) is 10.3. The summed E-state index contributed by atoms with van der Waals surface area (Å²) in [7, 11) is 1.79. The van der Waals surface area contributed by atoms with Gasteiger partial charge in [0, 0.05) is 18.8 Å². The molecule has 3 N–H and O–H groups in total. The van der Waals surface area contributed by atoms with Gasteiger partial charge in [0.25, 0.3) is 0 Å². The highest BCUT2D eigenvalue weighted by molar-refractivity contribution is 5.47. The van der Waals surface area contributed by atoms with Crippen molar-refractivity contribution in [3.05, 3.63) is 47.7 Å². The Bertz CT molecular complexity index is 573. The van der Waals surface area contributed by atoms with E-state index in [9.17, 15) is 4.39 Å². The maximum Gasteiger partial charge on any atom is 0.150 e. The van der Waals surface area contributed by atoms with Gasteiger partial charge in [-0.25, -0.2) is 20.2 Å². The van der Waals surface area contributed by atoms with E-state index in [1.54, 1.807) is 36.2 Å². The minimum Gasteiger partial charge on any atom is -0.365 e. The van der Waals surface area contributed by atoms with Crippen LogP contribution in [-0.4, -0.2) is 17.0 Å². The molecule has 5 nitrogen and oxygen atoms in total. The summed E-state index contributed by atoms with van der Waals surface area (Å²) in [5.74, 6) is 6.20. The predicted molar refractivity (Wildman–Crippen MR) is 73.1 cm³/mol. The molecule has 0 aliphatic heterocycles. The summed E-state index contributed by atoms with van der Waals surface area (Å²) in [6.07, 6.45) is 0. The molecule has 0 saturated heterocycles. The van der Waals surface area contributed by atoms with Crippen LogP contribution in [0.15, 0.2) is 30.3 Å². The van der Waals surface area contributed by atoms with E-state index in [0.717, 1.165) is 5.69 Å². The van der Waals surface area contributed by atoms with Crippen molar-refractivity contribution in [2.75, 3.05) is 17.4 Å². The first-order chi connectivity index (χ1) is 9.10. The van der Waals surface area contributed by atoms with E-state index in [-0.39, 0.29) is 5.82 Å². The standard InChI is InChI=1S/C13H16FN5/c1-9-7-12(18-15)17-13(16-9)8-19(2)11-6-4-3-5-10(11)14/h3-7H,8,15H2,1-2H3,(H,16,17,18). The predicted octanol–water partition coefficient (Wildman–Crippen LogP) is 1.85. The molecule has 0 bridgehead atoms. The Hall–Kier alpha value is -2.21. The molecule has 0 aliphatic carbocycles. The molecule has 0 unspecified atom stereocenters. The third-order valence-corrected chi connectivity index (χ3v) is 2.69. The Labute approximate surface area is 111 Å². The van der Waals surface area contributed by atoms with Crippen LogP contribution in [0.3, 0.4) is 0 Å². The number of hydrazine groups is 1. The fourth-order valence-electron chi connectivity index (χ4n) is 1.83. The van der Waals surface area contributed by atoms with Gasteiger partial charge in [-0.15, -0.1) is 0 Å². The molecule has 0 aliphatic rings. The van der Waals surface area contributed by atoms with Gasteiger partial charge < -0.3 is 10.3 Å². The van der Waals surface area contributed by atoms with E-state index in [2.05, 4.69) is 15.4 Å². The maximum atomic E-state index is 13.7. The van der Waals surface area contributed by atoms with Crippen LogP contribution in [0.5, 0.6) is 0 Å². The summed E-state index contributed by atoms with van der Waals surface area (Å²) in [5.41, 5.74) is 3.80. The number of nitrogens with zero attached hydrogens (tertiary/aromatic N) is 3. The highest BCUT2D eigenvalue weighted by Crippen LogP contribution is 2.18. The van der Waals surface area contributed by atoms with Gasteiger partial charge in [-0.05, 0) is 19.1 Å². The Morgan fingerprint density at radius 1 is 1.32 bits per heavy atom. The van der Waals surface area contributed by atoms with Crippen LogP contribution >= 0.6 is 0 Å². The van der Waals surface area contributed by atoms with Gasteiger partial charge in [-0.1, -0.05) is 12.1 Å². The summed E-state index contributed by atoms with van der Waals surface area (Å²) >= 11 is 0. The van der Waals surface area contributed by atoms with E-state index < -0.39 is 0 Å². The topological polar surface area (TPSA) is 67.1 Å². The van der Waals surface area contributed by atoms with Crippen molar-refractivity contribution in [2.45, 2.75) is 13.5 Å². The van der Waals surface area contributed by atoms with Gasteiger partial charge in [0.2, 0.25) is 0 Å². The molecule has 2 rings (SSSR count). The number of aromatic nitrogens is 2. The van der Waals surface area contributed by atoms with Crippen molar-refractivity contribution >= 4 is 11.5 Å². The molecular formula is C13H16FN5. The molecule has 0 radical (unpaired) electrons. The Morgan fingerprint density at radius 2 is 2.05 bits per heavy atom. The number of aryl methyl sites for hydroxylation is 1. The van der Waals surface area contributed by atoms with Crippen molar-refractivity contribution in [3.8, 4) is 0 Å². The van der Waals surface area contributed by atoms with Gasteiger partial charge in [-0.2, -0.15) is 0 Å². The zero-order valence-electron chi connectivity index (χ0n) is 10.9. The molecule has 1 heterocycles. The lowest BCUT2D eigenvalue weighted by Gasteiger charge is -2.19. The zero-order valence-corrected chi connectivity index (χ0v) is 10.9. The molecule has 19 heavy (non-hydrogen) atoms. The zero-order chi connectivity index (χ0) is 13.8. The van der Waals surface area contributed by atoms with Crippen LogP contribution in [0.1, 0.15) is 11.5 Å². The SMILES string of the molecule is Cc1cc(NN)nc(CN(C)c2ccccc2F)n1. The van der Waals surface area contributed by atoms with Gasteiger partial charge in [0.15, 0.2) is 0 Å². The quantitative estimate of drug-likeness (QED) is 0.649. The van der Waals surface area contributed by atoms with Crippen LogP contribution < -0.4 is 16.2 Å². The van der Waals surface area contributed by atoms with Crippen molar-refractivity contribution in [3.63, 3.8) is 0 Å². The first kappa shape index (κ1) is 13.2. The Morgan fingerprint density at radius 3 is 2.74 bits per heavy atom. The third-order valence-electron chi connectivity index (χ3n) is 2.69. The molecule has 0 saturated carbocycles. The highest BCUT2D eigenvalue weighted by Gasteiger charge is 2.09. The molecule has 0 spiro atoms. The van der Waals surface area contributed by atoms with Crippen LogP contribution in [0.25, 0.3) is 0 Å². The monoisotopic (exact) mass is 261 g/mol. The molecule has 6 heteroatoms. The number of hydrogen-bond donors (Lipinski definition) is 2. The second-order valence-corrected chi connectivity index (χ2v) is 4.26. The largest absolute Gasteiger partial charge is 0.365 e. The normalized spacial score (nSPS) is 10.3. The number of nitrogen functional groups attached to an aromatic ring is 1. The molecule has 0 atom stereocenters. The van der Waals surface area contributed by atoms with Gasteiger partial charge in [-0.3, -0.25) is 0 Å². The lowest BCUT2D eigenvalue weighted by Crippen LogP contribution is -2.20. The molecule has 1 aromatic carbocycles. The van der Waals surface area contributed by atoms with Crippen LogP contribution in [0.4, 0.5) is 15.9 Å². The molecule has 0 fully saturated rings. The number of para-hydroxylation sites is 1. The first-order valence-corrected chi connectivity index (χ1v) is 5.87. The maximum absolute atomic E-state index is 13.7. The molecule has 0 amide bonds. The fraction of sp³-hybridized carbons (Fsp3) is 0.231. The average Bonchev–Trinajstić information content (AvgIpc) is 2.38. The van der Waals surface area contributed by atoms with Crippen LogP contribution in [0, 0.1) is 12.7 Å². The minimum absolute atomic E-state index is 0.269. The van der Waals surface area contributed by atoms with Crippen molar-refractivity contribution in [2.24, 2.45) is 5.84 Å². The summed E-state index contributed by atoms with van der Waals surface area (Å²) in [5, 5.41) is 0. The fourth-order valence-corrected chi connectivity index (χ4v) is 1.83. The molecule has 100 valence electrons. The van der Waals surface area contributed by atoms with Gasteiger partial charge in [0.1, 0.15) is 17.5 Å². The lowest BCUT2D eigenvalue weighted by atomic mass is 10.3. The number of rotatable bonds is 4. The van der Waals surface area contributed by atoms with Crippen LogP contribution in [-0.2, 0) is 6.54 Å². The van der Waals surface area contributed by atoms with Crippen LogP contribution in [0.2, 0.25) is 0 Å². The average molecular weight is 261 g/mol. The lowest BCUT2D eigenvalue weighted by molar-refractivity contribution is 0.621. The number of hydrogen-bond acceptors (Lipinski definition) is 5. The van der Waals surface area contributed by atoms with Gasteiger partial charge >= 0.3 is 0 Å². The third kappa shape index (κ3) is 3.17.